The average Bonchev–Trinajstić information content (AvgIpc) is 2.63. The van der Waals surface area contributed by atoms with E-state index in [1.54, 1.807) is 13.0 Å². The zero-order valence-corrected chi connectivity index (χ0v) is 16.0. The number of nitrogens with one attached hydrogen (secondary N) is 2. The number of alkyl halides is 2. The Bertz CT molecular complexity index is 970. The molecule has 0 saturated carbocycles. The second-order valence-corrected chi connectivity index (χ2v) is 7.73. The van der Waals surface area contributed by atoms with E-state index >= 15 is 0 Å². The molecule has 0 bridgehead atoms. The number of sulfonamides is 1. The van der Waals surface area contributed by atoms with Crippen LogP contribution in [0.15, 0.2) is 47.4 Å². The molecule has 2 aromatic rings. The molecule has 158 valence electrons. The number of amides is 1. The number of hydrogen-bond donors (Lipinski definition) is 2. The van der Waals surface area contributed by atoms with Crippen LogP contribution in [0.3, 0.4) is 0 Å². The highest BCUT2D eigenvalue weighted by atomic mass is 32.2. The van der Waals surface area contributed by atoms with Crippen LogP contribution in [-0.4, -0.2) is 27.5 Å². The molecule has 0 aliphatic rings. The van der Waals surface area contributed by atoms with Crippen molar-refractivity contribution in [1.82, 2.24) is 10.0 Å². The predicted octanol–water partition coefficient (Wildman–Crippen LogP) is 3.11. The Morgan fingerprint density at radius 3 is 2.48 bits per heavy atom. The number of halogens is 4. The molecule has 1 amide bonds. The van der Waals surface area contributed by atoms with Gasteiger partial charge in [0.2, 0.25) is 15.9 Å². The molecular weight excluding hydrogens is 416 g/mol. The second kappa shape index (κ2) is 9.70. The van der Waals surface area contributed by atoms with E-state index in [9.17, 15) is 30.8 Å². The SMILES string of the molecule is CC(NC(=O)CCNS(=O)(=O)c1ccc(F)c(F)c1)c1cccc(OC(F)F)c1. The summed E-state index contributed by atoms with van der Waals surface area (Å²) in [5, 5.41) is 2.59. The maximum absolute atomic E-state index is 13.2. The summed E-state index contributed by atoms with van der Waals surface area (Å²) < 4.78 is 81.1. The van der Waals surface area contributed by atoms with Crippen LogP contribution < -0.4 is 14.8 Å². The maximum atomic E-state index is 13.2. The van der Waals surface area contributed by atoms with Crippen molar-refractivity contribution in [3.8, 4) is 5.75 Å². The first-order valence-corrected chi connectivity index (χ1v) is 9.85. The largest absolute Gasteiger partial charge is 0.435 e. The molecule has 0 aliphatic heterocycles. The highest BCUT2D eigenvalue weighted by Gasteiger charge is 2.17. The van der Waals surface area contributed by atoms with E-state index in [2.05, 4.69) is 14.8 Å². The minimum absolute atomic E-state index is 0.0575. The molecule has 0 fully saturated rings. The molecule has 1 atom stereocenters. The van der Waals surface area contributed by atoms with E-state index in [1.807, 2.05) is 0 Å². The standard InChI is InChI=1S/C18H18F4N2O4S/c1-11(12-3-2-4-13(9-12)28-18(21)22)24-17(25)7-8-23-29(26,27)14-5-6-15(19)16(20)10-14/h2-6,9-11,18,23H,7-8H2,1H3,(H,24,25). The molecule has 0 heterocycles. The Balaban J connectivity index is 1.88. The number of carbonyl (C=O) groups excluding carboxylic acids is 1. The third kappa shape index (κ3) is 6.71. The quantitative estimate of drug-likeness (QED) is 0.594. The Labute approximate surface area is 164 Å². The monoisotopic (exact) mass is 434 g/mol. The summed E-state index contributed by atoms with van der Waals surface area (Å²) in [5.41, 5.74) is 0.513. The summed E-state index contributed by atoms with van der Waals surface area (Å²) in [4.78, 5) is 11.5. The first-order valence-electron chi connectivity index (χ1n) is 8.37. The molecule has 6 nitrogen and oxygen atoms in total. The minimum atomic E-state index is -4.12. The highest BCUT2D eigenvalue weighted by Crippen LogP contribution is 2.20. The Morgan fingerprint density at radius 1 is 1.10 bits per heavy atom. The van der Waals surface area contributed by atoms with Gasteiger partial charge in [0.15, 0.2) is 11.6 Å². The predicted molar refractivity (Wildman–Crippen MR) is 95.8 cm³/mol. The molecule has 0 spiro atoms. The van der Waals surface area contributed by atoms with Crippen molar-refractivity contribution in [2.24, 2.45) is 0 Å². The van der Waals surface area contributed by atoms with E-state index in [-0.39, 0.29) is 18.7 Å². The number of ether oxygens (including phenoxy) is 1. The number of rotatable bonds is 9. The topological polar surface area (TPSA) is 84.5 Å². The van der Waals surface area contributed by atoms with Crippen molar-refractivity contribution < 1.29 is 35.5 Å². The maximum Gasteiger partial charge on any atom is 0.387 e. The molecule has 2 N–H and O–H groups in total. The van der Waals surface area contributed by atoms with E-state index in [1.165, 1.54) is 18.2 Å². The van der Waals surface area contributed by atoms with Gasteiger partial charge in [0.1, 0.15) is 5.75 Å². The van der Waals surface area contributed by atoms with Gasteiger partial charge in [-0.05, 0) is 42.8 Å². The fraction of sp³-hybridized carbons (Fsp3) is 0.278. The van der Waals surface area contributed by atoms with E-state index in [0.29, 0.717) is 17.7 Å². The van der Waals surface area contributed by atoms with Crippen LogP contribution in [0.2, 0.25) is 0 Å². The molecule has 11 heteroatoms. The van der Waals surface area contributed by atoms with Gasteiger partial charge in [-0.25, -0.2) is 21.9 Å². The number of hydrogen-bond acceptors (Lipinski definition) is 4. The second-order valence-electron chi connectivity index (χ2n) is 5.96. The van der Waals surface area contributed by atoms with E-state index in [0.717, 1.165) is 6.07 Å². The van der Waals surface area contributed by atoms with Crippen LogP contribution in [0, 0.1) is 11.6 Å². The Kier molecular flexibility index (Phi) is 7.57. The lowest BCUT2D eigenvalue weighted by Crippen LogP contribution is -2.32. The van der Waals surface area contributed by atoms with Crippen LogP contribution in [0.1, 0.15) is 24.9 Å². The molecular formula is C18H18F4N2O4S. The first kappa shape index (κ1) is 22.6. The van der Waals surface area contributed by atoms with Crippen molar-refractivity contribution in [3.05, 3.63) is 59.7 Å². The van der Waals surface area contributed by atoms with Gasteiger partial charge < -0.3 is 10.1 Å². The van der Waals surface area contributed by atoms with Gasteiger partial charge in [0.25, 0.3) is 0 Å². The lowest BCUT2D eigenvalue weighted by molar-refractivity contribution is -0.121. The van der Waals surface area contributed by atoms with Crippen molar-refractivity contribution in [2.75, 3.05) is 6.54 Å². The highest BCUT2D eigenvalue weighted by molar-refractivity contribution is 7.89. The Hall–Kier alpha value is -2.66. The van der Waals surface area contributed by atoms with Gasteiger partial charge in [-0.2, -0.15) is 8.78 Å². The molecule has 0 aromatic heterocycles. The molecule has 2 rings (SSSR count). The van der Waals surface area contributed by atoms with Gasteiger partial charge in [-0.3, -0.25) is 4.79 Å². The zero-order valence-electron chi connectivity index (χ0n) is 15.2. The van der Waals surface area contributed by atoms with Crippen LogP contribution in [0.4, 0.5) is 17.6 Å². The molecule has 1 unspecified atom stereocenters. The normalized spacial score (nSPS) is 12.6. The Morgan fingerprint density at radius 2 is 1.83 bits per heavy atom. The molecule has 0 radical (unpaired) electrons. The van der Waals surface area contributed by atoms with Crippen molar-refractivity contribution in [1.29, 1.82) is 0 Å². The first-order chi connectivity index (χ1) is 13.6. The van der Waals surface area contributed by atoms with Crippen molar-refractivity contribution >= 4 is 15.9 Å². The fourth-order valence-electron chi connectivity index (χ4n) is 2.38. The minimum Gasteiger partial charge on any atom is -0.435 e. The van der Waals surface area contributed by atoms with E-state index in [4.69, 9.17) is 0 Å². The van der Waals surface area contributed by atoms with Crippen LogP contribution >= 0.6 is 0 Å². The van der Waals surface area contributed by atoms with Crippen molar-refractivity contribution in [3.63, 3.8) is 0 Å². The molecule has 2 aromatic carbocycles. The van der Waals surface area contributed by atoms with Crippen molar-refractivity contribution in [2.45, 2.75) is 30.9 Å². The molecule has 0 saturated heterocycles. The van der Waals surface area contributed by atoms with Gasteiger partial charge in [-0.15, -0.1) is 0 Å². The molecule has 29 heavy (non-hydrogen) atoms. The smallest absolute Gasteiger partial charge is 0.387 e. The van der Waals surface area contributed by atoms with Gasteiger partial charge in [0.05, 0.1) is 10.9 Å². The summed E-state index contributed by atoms with van der Waals surface area (Å²) >= 11 is 0. The van der Waals surface area contributed by atoms with Gasteiger partial charge in [-0.1, -0.05) is 12.1 Å². The number of carbonyl (C=O) groups is 1. The van der Waals surface area contributed by atoms with Crippen LogP contribution in [0.5, 0.6) is 5.75 Å². The van der Waals surface area contributed by atoms with Crippen LogP contribution in [0.25, 0.3) is 0 Å². The average molecular weight is 434 g/mol. The van der Waals surface area contributed by atoms with Crippen LogP contribution in [-0.2, 0) is 14.8 Å². The summed E-state index contributed by atoms with van der Waals surface area (Å²) in [6.07, 6.45) is -0.236. The third-order valence-electron chi connectivity index (χ3n) is 3.81. The summed E-state index contributed by atoms with van der Waals surface area (Å²) in [6.45, 7) is -1.64. The fourth-order valence-corrected chi connectivity index (χ4v) is 3.43. The lowest BCUT2D eigenvalue weighted by Gasteiger charge is -2.16. The summed E-state index contributed by atoms with van der Waals surface area (Å²) in [6, 6.07) is 7.36. The summed E-state index contributed by atoms with van der Waals surface area (Å²) in [7, 11) is -4.12. The zero-order chi connectivity index (χ0) is 21.6. The lowest BCUT2D eigenvalue weighted by atomic mass is 10.1. The molecule has 0 aliphatic carbocycles. The third-order valence-corrected chi connectivity index (χ3v) is 5.26. The van der Waals surface area contributed by atoms with E-state index < -0.39 is 45.1 Å². The van der Waals surface area contributed by atoms with Gasteiger partial charge >= 0.3 is 6.61 Å². The number of benzene rings is 2. The van der Waals surface area contributed by atoms with Gasteiger partial charge in [0, 0.05) is 13.0 Å². The summed E-state index contributed by atoms with van der Waals surface area (Å²) in [5.74, 6) is -3.05.